The molecule has 0 aliphatic carbocycles. The van der Waals surface area contributed by atoms with Gasteiger partial charge >= 0.3 is 5.97 Å². The molecule has 0 spiro atoms. The Hall–Kier alpha value is -2.73. The van der Waals surface area contributed by atoms with Crippen molar-refractivity contribution < 1.29 is 9.90 Å². The maximum Gasteiger partial charge on any atom is 0.335 e. The van der Waals surface area contributed by atoms with Crippen molar-refractivity contribution in [3.05, 3.63) is 42.0 Å². The third-order valence-corrected chi connectivity index (χ3v) is 3.09. The Balaban J connectivity index is 0.00000161. The number of carboxylic acids is 1. The maximum absolute atomic E-state index is 10.8. The van der Waals surface area contributed by atoms with Crippen LogP contribution >= 0.6 is 12.4 Å². The molecule has 0 aliphatic rings. The van der Waals surface area contributed by atoms with E-state index in [0.717, 1.165) is 11.1 Å². The number of aromatic nitrogens is 2. The molecule has 0 radical (unpaired) electrons. The second-order valence-corrected chi connectivity index (χ2v) is 4.47. The lowest BCUT2D eigenvalue weighted by Gasteiger charge is -1.97. The van der Waals surface area contributed by atoms with E-state index in [2.05, 4.69) is 9.97 Å². The molecule has 108 valence electrons. The number of benzene rings is 2. The van der Waals surface area contributed by atoms with Crippen molar-refractivity contribution in [3.8, 4) is 11.4 Å². The van der Waals surface area contributed by atoms with Gasteiger partial charge in [0.1, 0.15) is 5.82 Å². The van der Waals surface area contributed by atoms with E-state index in [1.807, 2.05) is 0 Å². The van der Waals surface area contributed by atoms with Crippen LogP contribution in [0.1, 0.15) is 10.4 Å². The molecular weight excluding hydrogens is 292 g/mol. The Bertz CT molecular complexity index is 773. The van der Waals surface area contributed by atoms with Gasteiger partial charge in [-0.1, -0.05) is 12.1 Å². The van der Waals surface area contributed by atoms with Crippen molar-refractivity contribution in [2.24, 2.45) is 0 Å². The average molecular weight is 305 g/mol. The minimum atomic E-state index is -0.957. The summed E-state index contributed by atoms with van der Waals surface area (Å²) in [4.78, 5) is 18.4. The van der Waals surface area contributed by atoms with Gasteiger partial charge in [-0.2, -0.15) is 0 Å². The van der Waals surface area contributed by atoms with E-state index in [4.69, 9.17) is 16.6 Å². The van der Waals surface area contributed by atoms with Crippen LogP contribution in [0.25, 0.3) is 22.4 Å². The van der Waals surface area contributed by atoms with E-state index < -0.39 is 5.97 Å². The van der Waals surface area contributed by atoms with Crippen molar-refractivity contribution in [1.82, 2.24) is 9.97 Å². The molecule has 1 heterocycles. The van der Waals surface area contributed by atoms with E-state index in [1.165, 1.54) is 12.1 Å². The number of rotatable bonds is 2. The highest BCUT2D eigenvalue weighted by Gasteiger charge is 2.08. The van der Waals surface area contributed by atoms with E-state index in [1.54, 1.807) is 24.3 Å². The highest BCUT2D eigenvalue weighted by atomic mass is 35.5. The van der Waals surface area contributed by atoms with Gasteiger partial charge in [-0.05, 0) is 24.3 Å². The fraction of sp³-hybridized carbons (Fsp3) is 0. The molecule has 0 amide bonds. The Labute approximate surface area is 126 Å². The molecule has 0 saturated carbocycles. The Morgan fingerprint density at radius 3 is 2.33 bits per heavy atom. The predicted octanol–water partition coefficient (Wildman–Crippen LogP) is 2.51. The fourth-order valence-electron chi connectivity index (χ4n) is 2.00. The lowest BCUT2D eigenvalue weighted by molar-refractivity contribution is 0.0697. The topological polar surface area (TPSA) is 118 Å². The normalized spacial score (nSPS) is 10.3. The number of hydrogen-bond donors (Lipinski definition) is 4. The number of aromatic carboxylic acids is 1. The number of nitrogens with one attached hydrogen (secondary N) is 1. The zero-order valence-electron chi connectivity index (χ0n) is 10.8. The summed E-state index contributed by atoms with van der Waals surface area (Å²) in [5.41, 5.74) is 15.0. The fourth-order valence-corrected chi connectivity index (χ4v) is 2.00. The van der Waals surface area contributed by atoms with Crippen LogP contribution in [0.2, 0.25) is 0 Å². The molecule has 0 fully saturated rings. The van der Waals surface area contributed by atoms with Gasteiger partial charge in [0.15, 0.2) is 0 Å². The highest BCUT2D eigenvalue weighted by Crippen LogP contribution is 2.25. The third kappa shape index (κ3) is 2.61. The first-order valence-electron chi connectivity index (χ1n) is 5.93. The number of aromatic amines is 1. The number of carboxylic acid groups (broad SMARTS) is 1. The van der Waals surface area contributed by atoms with Gasteiger partial charge in [0.05, 0.1) is 28.0 Å². The van der Waals surface area contributed by atoms with Gasteiger partial charge in [0.2, 0.25) is 0 Å². The summed E-state index contributed by atoms with van der Waals surface area (Å²) < 4.78 is 0. The van der Waals surface area contributed by atoms with E-state index in [-0.39, 0.29) is 18.0 Å². The predicted molar refractivity (Wildman–Crippen MR) is 84.6 cm³/mol. The molecule has 2 aromatic carbocycles. The van der Waals surface area contributed by atoms with E-state index >= 15 is 0 Å². The number of nitrogens with two attached hydrogens (primary N) is 2. The van der Waals surface area contributed by atoms with Crippen LogP contribution in [-0.2, 0) is 0 Å². The van der Waals surface area contributed by atoms with Crippen molar-refractivity contribution in [2.75, 3.05) is 11.5 Å². The molecule has 0 bridgehead atoms. The van der Waals surface area contributed by atoms with E-state index in [0.29, 0.717) is 22.7 Å². The quantitative estimate of drug-likeness (QED) is 0.542. The zero-order chi connectivity index (χ0) is 14.3. The molecular formula is C14H13ClN4O2. The molecule has 0 saturated heterocycles. The molecule has 21 heavy (non-hydrogen) atoms. The minimum Gasteiger partial charge on any atom is -0.478 e. The van der Waals surface area contributed by atoms with Crippen LogP contribution in [0.15, 0.2) is 36.4 Å². The third-order valence-electron chi connectivity index (χ3n) is 3.09. The minimum absolute atomic E-state index is 0. The number of nitrogen functional groups attached to an aromatic ring is 2. The second-order valence-electron chi connectivity index (χ2n) is 4.47. The second kappa shape index (κ2) is 5.34. The first kappa shape index (κ1) is 14.7. The number of hydrogen-bond acceptors (Lipinski definition) is 4. The molecule has 0 atom stereocenters. The summed E-state index contributed by atoms with van der Waals surface area (Å²) in [5, 5.41) is 8.87. The Kier molecular flexibility index (Phi) is 3.73. The standard InChI is InChI=1S/C14H12N4O2.ClH/c15-9-5-11-12(6-10(9)16)18-13(17-11)7-1-3-8(4-2-7)14(19)20;/h1-6H,15-16H2,(H,17,18)(H,19,20);1H. The number of nitrogens with zero attached hydrogens (tertiary/aromatic N) is 1. The van der Waals surface area contributed by atoms with Crippen LogP contribution < -0.4 is 11.5 Å². The number of carbonyl (C=O) groups is 1. The largest absolute Gasteiger partial charge is 0.478 e. The monoisotopic (exact) mass is 304 g/mol. The number of halogens is 1. The smallest absolute Gasteiger partial charge is 0.335 e. The molecule has 0 unspecified atom stereocenters. The summed E-state index contributed by atoms with van der Waals surface area (Å²) in [7, 11) is 0. The summed E-state index contributed by atoms with van der Waals surface area (Å²) in [5.74, 6) is -0.316. The number of anilines is 2. The lowest BCUT2D eigenvalue weighted by atomic mass is 10.1. The number of imidazole rings is 1. The van der Waals surface area contributed by atoms with E-state index in [9.17, 15) is 4.79 Å². The molecule has 6 N–H and O–H groups in total. The first-order valence-corrected chi connectivity index (χ1v) is 5.93. The Morgan fingerprint density at radius 2 is 1.71 bits per heavy atom. The van der Waals surface area contributed by atoms with Crippen LogP contribution in [0.3, 0.4) is 0 Å². The number of H-pyrrole nitrogens is 1. The van der Waals surface area contributed by atoms with Crippen LogP contribution in [0.4, 0.5) is 11.4 Å². The van der Waals surface area contributed by atoms with Crippen molar-refractivity contribution in [2.45, 2.75) is 0 Å². The van der Waals surface area contributed by atoms with Gasteiger partial charge in [0.25, 0.3) is 0 Å². The molecule has 0 aliphatic heterocycles. The Morgan fingerprint density at radius 1 is 1.10 bits per heavy atom. The molecule has 6 nitrogen and oxygen atoms in total. The molecule has 1 aromatic heterocycles. The first-order chi connectivity index (χ1) is 9.54. The number of fused-ring (bicyclic) bond motifs is 1. The van der Waals surface area contributed by atoms with Crippen LogP contribution in [-0.4, -0.2) is 21.0 Å². The SMILES string of the molecule is Cl.Nc1cc2nc(-c3ccc(C(=O)O)cc3)[nH]c2cc1N. The average Bonchev–Trinajstić information content (AvgIpc) is 2.82. The summed E-state index contributed by atoms with van der Waals surface area (Å²) in [6.07, 6.45) is 0. The maximum atomic E-state index is 10.8. The van der Waals surface area contributed by atoms with Gasteiger partial charge < -0.3 is 21.6 Å². The summed E-state index contributed by atoms with van der Waals surface area (Å²) in [6.45, 7) is 0. The van der Waals surface area contributed by atoms with Gasteiger partial charge in [-0.3, -0.25) is 0 Å². The molecule has 3 rings (SSSR count). The highest BCUT2D eigenvalue weighted by molar-refractivity contribution is 5.89. The van der Waals surface area contributed by atoms with Gasteiger partial charge in [-0.25, -0.2) is 9.78 Å². The zero-order valence-corrected chi connectivity index (χ0v) is 11.6. The van der Waals surface area contributed by atoms with Gasteiger partial charge in [-0.15, -0.1) is 12.4 Å². The molecule has 7 heteroatoms. The van der Waals surface area contributed by atoms with Crippen molar-refractivity contribution in [1.29, 1.82) is 0 Å². The lowest BCUT2D eigenvalue weighted by Crippen LogP contribution is -1.95. The summed E-state index contributed by atoms with van der Waals surface area (Å²) >= 11 is 0. The summed E-state index contributed by atoms with van der Waals surface area (Å²) in [6, 6.07) is 9.91. The van der Waals surface area contributed by atoms with Crippen LogP contribution in [0.5, 0.6) is 0 Å². The van der Waals surface area contributed by atoms with Crippen molar-refractivity contribution in [3.63, 3.8) is 0 Å². The molecule has 3 aromatic rings. The van der Waals surface area contributed by atoms with Crippen molar-refractivity contribution >= 4 is 40.8 Å². The van der Waals surface area contributed by atoms with Crippen LogP contribution in [0, 0.1) is 0 Å². The van der Waals surface area contributed by atoms with Gasteiger partial charge in [0, 0.05) is 5.56 Å².